The number of fused-ring (bicyclic) bond motifs is 3. The van der Waals surface area contributed by atoms with Crippen molar-refractivity contribution in [3.05, 3.63) is 77.4 Å². The lowest BCUT2D eigenvalue weighted by Gasteiger charge is -2.09. The maximum absolute atomic E-state index is 12.1. The molecule has 0 spiro atoms. The molecule has 0 aliphatic rings. The van der Waals surface area contributed by atoms with Crippen molar-refractivity contribution in [2.75, 3.05) is 0 Å². The Labute approximate surface area is 166 Å². The second-order valence-corrected chi connectivity index (χ2v) is 6.71. The standard InChI is InChI=1S/C23H17N3O3/c1-14(27)29-20-10-4-9-19-22(20)21-17(23(25)28)7-3-8-18(21)26(19)13-16-6-2-5-15(11-16)12-24/h2-11H,13H2,1H3,(H2,25,28). The van der Waals surface area contributed by atoms with E-state index in [0.717, 1.165) is 16.6 Å². The summed E-state index contributed by atoms with van der Waals surface area (Å²) in [4.78, 5) is 23.7. The van der Waals surface area contributed by atoms with E-state index < -0.39 is 11.9 Å². The molecule has 2 N–H and O–H groups in total. The van der Waals surface area contributed by atoms with Crippen molar-refractivity contribution < 1.29 is 14.3 Å². The molecule has 0 atom stereocenters. The summed E-state index contributed by atoms with van der Waals surface area (Å²) in [7, 11) is 0. The van der Waals surface area contributed by atoms with Crippen LogP contribution in [0.2, 0.25) is 0 Å². The zero-order valence-electron chi connectivity index (χ0n) is 15.7. The van der Waals surface area contributed by atoms with Crippen molar-refractivity contribution in [1.29, 1.82) is 5.26 Å². The molecule has 1 heterocycles. The van der Waals surface area contributed by atoms with Crippen LogP contribution in [0.1, 0.15) is 28.4 Å². The summed E-state index contributed by atoms with van der Waals surface area (Å²) in [5.74, 6) is -0.631. The maximum atomic E-state index is 12.1. The van der Waals surface area contributed by atoms with Crippen molar-refractivity contribution in [2.24, 2.45) is 5.73 Å². The molecule has 0 fully saturated rings. The zero-order chi connectivity index (χ0) is 20.5. The van der Waals surface area contributed by atoms with E-state index in [2.05, 4.69) is 6.07 Å². The van der Waals surface area contributed by atoms with E-state index >= 15 is 0 Å². The van der Waals surface area contributed by atoms with Crippen LogP contribution in [0.25, 0.3) is 21.8 Å². The quantitative estimate of drug-likeness (QED) is 0.429. The van der Waals surface area contributed by atoms with Gasteiger partial charge < -0.3 is 15.0 Å². The molecule has 0 aliphatic heterocycles. The monoisotopic (exact) mass is 383 g/mol. The number of nitrogens with zero attached hydrogens (tertiary/aromatic N) is 2. The van der Waals surface area contributed by atoms with Crippen molar-refractivity contribution >= 4 is 33.7 Å². The molecule has 0 saturated heterocycles. The Hall–Kier alpha value is -4.11. The summed E-state index contributed by atoms with van der Waals surface area (Å²) in [5.41, 5.74) is 9.09. The Balaban J connectivity index is 2.05. The number of carbonyl (C=O) groups excluding carboxylic acids is 2. The number of benzene rings is 3. The second kappa shape index (κ2) is 7.13. The van der Waals surface area contributed by atoms with E-state index in [1.54, 1.807) is 30.3 Å². The van der Waals surface area contributed by atoms with E-state index in [9.17, 15) is 14.9 Å². The third-order valence-corrected chi connectivity index (χ3v) is 4.79. The first kappa shape index (κ1) is 18.3. The number of hydrogen-bond donors (Lipinski definition) is 1. The van der Waals surface area contributed by atoms with Gasteiger partial charge in [-0.1, -0.05) is 24.3 Å². The van der Waals surface area contributed by atoms with Gasteiger partial charge in [0.15, 0.2) is 0 Å². The van der Waals surface area contributed by atoms with Crippen molar-refractivity contribution in [3.63, 3.8) is 0 Å². The SMILES string of the molecule is CC(=O)Oc1cccc2c1c1c(C(N)=O)cccc1n2Cc1cccc(C#N)c1. The van der Waals surface area contributed by atoms with E-state index in [1.807, 2.05) is 34.9 Å². The number of ether oxygens (including phenoxy) is 1. The summed E-state index contributed by atoms with van der Waals surface area (Å²) in [6, 6.07) is 20.2. The predicted octanol–water partition coefficient (Wildman–Crippen LogP) is 3.74. The largest absolute Gasteiger partial charge is 0.426 e. The van der Waals surface area contributed by atoms with Gasteiger partial charge in [0.2, 0.25) is 5.91 Å². The number of carbonyl (C=O) groups is 2. The first-order valence-corrected chi connectivity index (χ1v) is 9.01. The average molecular weight is 383 g/mol. The number of esters is 1. The number of primary amides is 1. The molecule has 0 aliphatic carbocycles. The molecule has 0 radical (unpaired) electrons. The zero-order valence-corrected chi connectivity index (χ0v) is 15.7. The van der Waals surface area contributed by atoms with Gasteiger partial charge in [-0.05, 0) is 42.0 Å². The van der Waals surface area contributed by atoms with Crippen LogP contribution in [0.3, 0.4) is 0 Å². The molecule has 0 bridgehead atoms. The van der Waals surface area contributed by atoms with Gasteiger partial charge in [0.25, 0.3) is 0 Å². The maximum Gasteiger partial charge on any atom is 0.308 e. The van der Waals surface area contributed by atoms with Crippen LogP contribution in [0.15, 0.2) is 60.7 Å². The van der Waals surface area contributed by atoms with Gasteiger partial charge in [0.05, 0.1) is 28.1 Å². The second-order valence-electron chi connectivity index (χ2n) is 6.71. The number of amides is 1. The number of hydrogen-bond acceptors (Lipinski definition) is 4. The van der Waals surface area contributed by atoms with Gasteiger partial charge >= 0.3 is 5.97 Å². The fourth-order valence-corrected chi connectivity index (χ4v) is 3.69. The van der Waals surface area contributed by atoms with Gasteiger partial charge in [-0.3, -0.25) is 9.59 Å². The van der Waals surface area contributed by atoms with Gasteiger partial charge in [-0.25, -0.2) is 0 Å². The topological polar surface area (TPSA) is 98.1 Å². The molecule has 1 aromatic heterocycles. The molecule has 142 valence electrons. The molecule has 4 aromatic rings. The van der Waals surface area contributed by atoms with E-state index in [0.29, 0.717) is 34.2 Å². The van der Waals surface area contributed by atoms with Crippen LogP contribution in [0.4, 0.5) is 0 Å². The summed E-state index contributed by atoms with van der Waals surface area (Å²) in [5, 5.41) is 10.5. The van der Waals surface area contributed by atoms with Gasteiger partial charge in [-0.2, -0.15) is 5.26 Å². The highest BCUT2D eigenvalue weighted by Gasteiger charge is 2.20. The highest BCUT2D eigenvalue weighted by atomic mass is 16.5. The summed E-state index contributed by atoms with van der Waals surface area (Å²) in [6.07, 6.45) is 0. The van der Waals surface area contributed by atoms with Crippen LogP contribution in [-0.4, -0.2) is 16.4 Å². The van der Waals surface area contributed by atoms with Crippen LogP contribution >= 0.6 is 0 Å². The molecule has 29 heavy (non-hydrogen) atoms. The molecule has 3 aromatic carbocycles. The Kier molecular flexibility index (Phi) is 4.49. The highest BCUT2D eigenvalue weighted by molar-refractivity contribution is 6.20. The van der Waals surface area contributed by atoms with Gasteiger partial charge in [0, 0.05) is 24.4 Å². The van der Waals surface area contributed by atoms with Crippen LogP contribution < -0.4 is 10.5 Å². The molecular weight excluding hydrogens is 366 g/mol. The van der Waals surface area contributed by atoms with Crippen molar-refractivity contribution in [2.45, 2.75) is 13.5 Å². The molecule has 4 rings (SSSR count). The molecule has 6 nitrogen and oxygen atoms in total. The van der Waals surface area contributed by atoms with Crippen LogP contribution in [0.5, 0.6) is 5.75 Å². The Morgan fingerprint density at radius 1 is 1.03 bits per heavy atom. The molecule has 1 amide bonds. The minimum absolute atomic E-state index is 0.358. The molecule has 0 saturated carbocycles. The fraction of sp³-hybridized carbons (Fsp3) is 0.0870. The Morgan fingerprint density at radius 3 is 2.41 bits per heavy atom. The normalized spacial score (nSPS) is 10.8. The van der Waals surface area contributed by atoms with E-state index in [1.165, 1.54) is 6.92 Å². The lowest BCUT2D eigenvalue weighted by molar-refractivity contribution is -0.131. The van der Waals surface area contributed by atoms with E-state index in [4.69, 9.17) is 10.5 Å². The van der Waals surface area contributed by atoms with Crippen LogP contribution in [-0.2, 0) is 11.3 Å². The lowest BCUT2D eigenvalue weighted by Crippen LogP contribution is -2.11. The fourth-order valence-electron chi connectivity index (χ4n) is 3.69. The smallest absolute Gasteiger partial charge is 0.308 e. The number of nitriles is 1. The lowest BCUT2D eigenvalue weighted by atomic mass is 10.1. The summed E-state index contributed by atoms with van der Waals surface area (Å²) in [6.45, 7) is 1.81. The first-order valence-electron chi connectivity index (χ1n) is 9.01. The summed E-state index contributed by atoms with van der Waals surface area (Å²) < 4.78 is 7.45. The average Bonchev–Trinajstić information content (AvgIpc) is 3.02. The van der Waals surface area contributed by atoms with Crippen molar-refractivity contribution in [1.82, 2.24) is 4.57 Å². The Bertz CT molecular complexity index is 1330. The first-order chi connectivity index (χ1) is 14.0. The number of aromatic nitrogens is 1. The minimum atomic E-state index is -0.557. The van der Waals surface area contributed by atoms with E-state index in [-0.39, 0.29) is 0 Å². The summed E-state index contributed by atoms with van der Waals surface area (Å²) >= 11 is 0. The van der Waals surface area contributed by atoms with Crippen molar-refractivity contribution in [3.8, 4) is 11.8 Å². The number of rotatable bonds is 4. The predicted molar refractivity (Wildman–Crippen MR) is 110 cm³/mol. The van der Waals surface area contributed by atoms with Crippen LogP contribution in [0, 0.1) is 11.3 Å². The van der Waals surface area contributed by atoms with Gasteiger partial charge in [-0.15, -0.1) is 0 Å². The van der Waals surface area contributed by atoms with Gasteiger partial charge in [0.1, 0.15) is 5.75 Å². The molecular formula is C23H17N3O3. The Morgan fingerprint density at radius 2 is 1.72 bits per heavy atom. The number of nitrogens with two attached hydrogens (primary N) is 1. The molecule has 6 heteroatoms. The highest BCUT2D eigenvalue weighted by Crippen LogP contribution is 2.38. The molecule has 0 unspecified atom stereocenters. The third kappa shape index (κ3) is 3.19. The minimum Gasteiger partial charge on any atom is -0.426 e. The third-order valence-electron chi connectivity index (χ3n) is 4.79.